The van der Waals surface area contributed by atoms with Gasteiger partial charge >= 0.3 is 23.9 Å². The molecule has 242 valence electrons. The number of aromatic hydroxyl groups is 1. The maximum Gasteiger partial charge on any atom is 0.303 e. The van der Waals surface area contributed by atoms with Crippen LogP contribution in [-0.4, -0.2) is 85.3 Å². The molecule has 2 aliphatic rings. The first-order valence-electron chi connectivity index (χ1n) is 14.1. The van der Waals surface area contributed by atoms with Gasteiger partial charge in [-0.1, -0.05) is 6.07 Å². The number of fused-ring (bicyclic) bond motifs is 1. The van der Waals surface area contributed by atoms with Crippen LogP contribution in [0.2, 0.25) is 0 Å². The fraction of sp³-hybridized carbons (Fsp3) is 0.452. The van der Waals surface area contributed by atoms with Crippen LogP contribution < -0.4 is 14.2 Å². The number of phenolic OH excluding ortho intramolecular Hbond substituents is 1. The fourth-order valence-electron chi connectivity index (χ4n) is 4.84. The van der Waals surface area contributed by atoms with Crippen LogP contribution in [-0.2, 0) is 49.3 Å². The Morgan fingerprint density at radius 1 is 0.778 bits per heavy atom. The second-order valence-corrected chi connectivity index (χ2v) is 10.3. The third kappa shape index (κ3) is 8.85. The van der Waals surface area contributed by atoms with E-state index in [4.69, 9.17) is 37.9 Å². The predicted octanol–water partition coefficient (Wildman–Crippen LogP) is 2.44. The van der Waals surface area contributed by atoms with E-state index in [9.17, 15) is 29.1 Å². The molecule has 0 aromatic heterocycles. The van der Waals surface area contributed by atoms with Crippen molar-refractivity contribution in [1.29, 1.82) is 0 Å². The number of hydrogen-bond acceptors (Lipinski definition) is 14. The topological polar surface area (TPSA) is 179 Å². The number of carbonyl (C=O) groups excluding carboxylic acids is 5. The second-order valence-electron chi connectivity index (χ2n) is 10.3. The Morgan fingerprint density at radius 2 is 1.42 bits per heavy atom. The number of benzene rings is 2. The van der Waals surface area contributed by atoms with Crippen molar-refractivity contribution >= 4 is 29.7 Å². The molecule has 0 aliphatic carbocycles. The molecule has 2 aliphatic heterocycles. The van der Waals surface area contributed by atoms with Gasteiger partial charge in [-0.2, -0.15) is 0 Å². The van der Waals surface area contributed by atoms with Gasteiger partial charge in [0.15, 0.2) is 29.5 Å². The number of rotatable bonds is 10. The van der Waals surface area contributed by atoms with Gasteiger partial charge < -0.3 is 43.0 Å². The van der Waals surface area contributed by atoms with Gasteiger partial charge in [0.2, 0.25) is 12.4 Å². The Balaban J connectivity index is 1.57. The number of ether oxygens (including phenoxy) is 8. The molecule has 0 amide bonds. The average Bonchev–Trinajstić information content (AvgIpc) is 3.19. The fourth-order valence-corrected chi connectivity index (χ4v) is 4.84. The smallest absolute Gasteiger partial charge is 0.303 e. The Bertz CT molecular complexity index is 1440. The zero-order valence-electron chi connectivity index (χ0n) is 25.1. The molecular formula is C31H34O14. The number of phenols is 1. The second kappa shape index (κ2) is 14.8. The van der Waals surface area contributed by atoms with E-state index in [-0.39, 0.29) is 23.5 Å². The molecule has 14 nitrogen and oxygen atoms in total. The van der Waals surface area contributed by atoms with Crippen molar-refractivity contribution in [3.63, 3.8) is 0 Å². The molecule has 45 heavy (non-hydrogen) atoms. The minimum absolute atomic E-state index is 0.0102. The van der Waals surface area contributed by atoms with E-state index in [1.54, 1.807) is 18.2 Å². The highest BCUT2D eigenvalue weighted by Gasteiger charge is 2.53. The Hall–Kier alpha value is -4.85. The summed E-state index contributed by atoms with van der Waals surface area (Å²) in [6, 6.07) is 9.08. The van der Waals surface area contributed by atoms with Crippen LogP contribution in [0.5, 0.6) is 23.0 Å². The minimum Gasteiger partial charge on any atom is -0.507 e. The van der Waals surface area contributed by atoms with E-state index in [2.05, 4.69) is 0 Å². The molecule has 2 heterocycles. The summed E-state index contributed by atoms with van der Waals surface area (Å²) in [5.74, 6) is -2.71. The minimum atomic E-state index is -1.51. The summed E-state index contributed by atoms with van der Waals surface area (Å²) in [4.78, 5) is 60.6. The van der Waals surface area contributed by atoms with E-state index < -0.39 is 66.9 Å². The highest BCUT2D eigenvalue weighted by atomic mass is 16.7. The quantitative estimate of drug-likeness (QED) is 0.230. The Labute approximate surface area is 258 Å². The summed E-state index contributed by atoms with van der Waals surface area (Å²) in [5.41, 5.74) is 0.664. The molecule has 0 bridgehead atoms. The molecule has 0 saturated carbocycles. The third-order valence-corrected chi connectivity index (χ3v) is 6.65. The molecule has 5 atom stereocenters. The van der Waals surface area contributed by atoms with E-state index in [0.29, 0.717) is 30.3 Å². The van der Waals surface area contributed by atoms with Crippen LogP contribution in [0.1, 0.15) is 50.0 Å². The number of carbonyl (C=O) groups is 5. The van der Waals surface area contributed by atoms with Crippen LogP contribution in [0.15, 0.2) is 36.4 Å². The van der Waals surface area contributed by atoms with Gasteiger partial charge in [-0.3, -0.25) is 24.0 Å². The molecule has 1 saturated heterocycles. The van der Waals surface area contributed by atoms with Gasteiger partial charge in [0, 0.05) is 46.6 Å². The third-order valence-electron chi connectivity index (χ3n) is 6.65. The van der Waals surface area contributed by atoms with Crippen LogP contribution in [0.4, 0.5) is 0 Å². The van der Waals surface area contributed by atoms with Gasteiger partial charge in [-0.15, -0.1) is 0 Å². The largest absolute Gasteiger partial charge is 0.507 e. The van der Waals surface area contributed by atoms with Crippen molar-refractivity contribution in [2.24, 2.45) is 0 Å². The molecule has 3 unspecified atom stereocenters. The Morgan fingerprint density at radius 3 is 2.07 bits per heavy atom. The molecule has 1 fully saturated rings. The summed E-state index contributed by atoms with van der Waals surface area (Å²) in [6.45, 7) is 5.06. The monoisotopic (exact) mass is 630 g/mol. The van der Waals surface area contributed by atoms with Gasteiger partial charge in [-0.25, -0.2) is 0 Å². The first-order chi connectivity index (χ1) is 21.4. The van der Waals surface area contributed by atoms with Crippen molar-refractivity contribution in [2.75, 3.05) is 19.8 Å². The highest BCUT2D eigenvalue weighted by molar-refractivity contribution is 6.00. The van der Waals surface area contributed by atoms with Gasteiger partial charge in [-0.05, 0) is 29.8 Å². The summed E-state index contributed by atoms with van der Waals surface area (Å²) in [5, 5.41) is 10.8. The first kappa shape index (κ1) is 33.1. The zero-order chi connectivity index (χ0) is 32.7. The number of hydrogen-bond donors (Lipinski definition) is 1. The first-order valence-corrected chi connectivity index (χ1v) is 14.1. The molecule has 2 aromatic carbocycles. The summed E-state index contributed by atoms with van der Waals surface area (Å²) in [7, 11) is 0. The van der Waals surface area contributed by atoms with Crippen LogP contribution in [0, 0.1) is 0 Å². The maximum absolute atomic E-state index is 13.1. The van der Waals surface area contributed by atoms with Crippen molar-refractivity contribution in [3.05, 3.63) is 47.5 Å². The lowest BCUT2D eigenvalue weighted by Gasteiger charge is -2.43. The Kier molecular flexibility index (Phi) is 10.8. The summed E-state index contributed by atoms with van der Waals surface area (Å²) in [6.07, 6.45) is -6.27. The molecule has 0 radical (unpaired) electrons. The van der Waals surface area contributed by atoms with E-state index in [0.717, 1.165) is 40.2 Å². The van der Waals surface area contributed by atoms with E-state index in [1.165, 1.54) is 12.1 Å². The molecular weight excluding hydrogens is 596 g/mol. The highest BCUT2D eigenvalue weighted by Crippen LogP contribution is 2.34. The van der Waals surface area contributed by atoms with Crippen LogP contribution in [0.3, 0.4) is 0 Å². The lowest BCUT2D eigenvalue weighted by Crippen LogP contribution is -2.63. The maximum atomic E-state index is 13.1. The van der Waals surface area contributed by atoms with Crippen molar-refractivity contribution in [2.45, 2.75) is 71.2 Å². The number of Topliss-reactive ketones (excluding diaryl/α,β-unsaturated/α-hetero) is 1. The molecule has 2 aromatic rings. The molecule has 14 heteroatoms. The summed E-state index contributed by atoms with van der Waals surface area (Å²) < 4.78 is 44.3. The normalized spacial score (nSPS) is 22.3. The molecule has 0 spiro atoms. The van der Waals surface area contributed by atoms with Gasteiger partial charge in [0.05, 0.1) is 18.8 Å². The SMILES string of the molecule is CC(=O)OCC1O[C@H](Oc2ccc(C(=O)Cc3ccc4c(c3)OCCCO4)c(O)c2)C(OC(C)=O)C(OC(C)=O)[C@@H]1OC(C)=O. The molecule has 1 N–H and O–H groups in total. The number of ketones is 1. The van der Waals surface area contributed by atoms with Gasteiger partial charge in [0.1, 0.15) is 24.2 Å². The predicted molar refractivity (Wildman–Crippen MR) is 151 cm³/mol. The zero-order valence-corrected chi connectivity index (χ0v) is 25.1. The van der Waals surface area contributed by atoms with Gasteiger partial charge in [0.25, 0.3) is 0 Å². The van der Waals surface area contributed by atoms with Crippen molar-refractivity contribution in [3.8, 4) is 23.0 Å². The van der Waals surface area contributed by atoms with E-state index in [1.807, 2.05) is 0 Å². The van der Waals surface area contributed by atoms with Crippen molar-refractivity contribution in [1.82, 2.24) is 0 Å². The van der Waals surface area contributed by atoms with Crippen LogP contribution in [0.25, 0.3) is 0 Å². The summed E-state index contributed by atoms with van der Waals surface area (Å²) >= 11 is 0. The standard InChI is InChI=1S/C31H34O14/c1-16(32)40-15-27-28(41-17(2)33)29(42-18(3)34)30(43-19(4)35)31(45-27)44-21-7-8-22(24(37)14-21)23(36)12-20-6-9-25-26(13-20)39-11-5-10-38-25/h6-9,13-14,27-31,37H,5,10-12,15H2,1-4H3/t27?,28-,29?,30?,31+/m1/s1. The lowest BCUT2D eigenvalue weighted by atomic mass is 9.98. The van der Waals surface area contributed by atoms with Crippen molar-refractivity contribution < 1.29 is 67.0 Å². The van der Waals surface area contributed by atoms with E-state index >= 15 is 0 Å². The average molecular weight is 631 g/mol. The molecule has 4 rings (SSSR count). The van der Waals surface area contributed by atoms with Crippen LogP contribution >= 0.6 is 0 Å². The lowest BCUT2D eigenvalue weighted by molar-refractivity contribution is -0.288. The number of esters is 4.